The zero-order valence-corrected chi connectivity index (χ0v) is 24.1. The summed E-state index contributed by atoms with van der Waals surface area (Å²) >= 11 is 0. The van der Waals surface area contributed by atoms with Crippen LogP contribution in [0.5, 0.6) is 0 Å². The molecule has 2 heterocycles. The van der Waals surface area contributed by atoms with E-state index in [2.05, 4.69) is 5.32 Å². The Morgan fingerprint density at radius 3 is 1.66 bits per heavy atom. The van der Waals surface area contributed by atoms with Crippen LogP contribution in [0.25, 0.3) is 0 Å². The third kappa shape index (κ3) is 7.69. The van der Waals surface area contributed by atoms with Gasteiger partial charge in [0.05, 0.1) is 13.2 Å². The lowest BCUT2D eigenvalue weighted by molar-refractivity contribution is -0.231. The highest BCUT2D eigenvalue weighted by atomic mass is 16.6. The number of aliphatic hydroxyl groups is 8. The molecule has 2 aliphatic rings. The molecule has 0 radical (unpaired) electrons. The number of Topliss-reactive ketones (excluding diaryl/α,β-unsaturated/α-hetero) is 1. The topological polar surface area (TPSA) is 226 Å². The maximum absolute atomic E-state index is 12.8. The standard InChI is InChI=1S/C31H41NO12/c33-14-21-23(36)25(38)27(40)29(43-21)17-7-4-6-16(12-17)20(35)10-2-1-3-11-32-31(42)19-9-5-8-18(13-19)30-28(41)26(39)24(37)22(15-34)44-30/h4-9,12-13,21-30,33-34,36-41H,1-3,10-11,14-15H2,(H,32,42)/t21-,22-,23-,24-,25+,26+,27+,28-,29-,30-/m1/s1. The van der Waals surface area contributed by atoms with Gasteiger partial charge in [0.1, 0.15) is 61.0 Å². The van der Waals surface area contributed by atoms with Crippen molar-refractivity contribution in [1.82, 2.24) is 5.32 Å². The Morgan fingerprint density at radius 2 is 1.14 bits per heavy atom. The number of hydrogen-bond acceptors (Lipinski definition) is 12. The van der Waals surface area contributed by atoms with Crippen molar-refractivity contribution in [2.75, 3.05) is 19.8 Å². The summed E-state index contributed by atoms with van der Waals surface area (Å²) in [5.74, 6) is -0.497. The maximum atomic E-state index is 12.8. The lowest BCUT2D eigenvalue weighted by Crippen LogP contribution is -2.55. The fourth-order valence-electron chi connectivity index (χ4n) is 5.54. The number of amides is 1. The number of aliphatic hydroxyl groups excluding tert-OH is 8. The molecular formula is C31H41NO12. The van der Waals surface area contributed by atoms with Gasteiger partial charge in [0.15, 0.2) is 5.78 Å². The molecule has 44 heavy (non-hydrogen) atoms. The summed E-state index contributed by atoms with van der Waals surface area (Å²) < 4.78 is 11.2. The van der Waals surface area contributed by atoms with Crippen LogP contribution in [0.1, 0.15) is 69.7 Å². The van der Waals surface area contributed by atoms with Gasteiger partial charge in [0, 0.05) is 24.1 Å². The fourth-order valence-corrected chi connectivity index (χ4v) is 5.54. The van der Waals surface area contributed by atoms with Crippen LogP contribution in [0.3, 0.4) is 0 Å². The first-order valence-corrected chi connectivity index (χ1v) is 14.7. The van der Waals surface area contributed by atoms with E-state index < -0.39 is 74.3 Å². The molecule has 2 fully saturated rings. The molecule has 9 N–H and O–H groups in total. The molecule has 4 rings (SSSR count). The Hall–Kier alpha value is -2.82. The molecule has 2 aromatic carbocycles. The molecule has 10 atom stereocenters. The lowest BCUT2D eigenvalue weighted by Gasteiger charge is -2.40. The molecule has 13 nitrogen and oxygen atoms in total. The normalized spacial score (nSPS) is 32.3. The minimum atomic E-state index is -1.53. The third-order valence-electron chi connectivity index (χ3n) is 8.17. The van der Waals surface area contributed by atoms with Crippen molar-refractivity contribution >= 4 is 11.7 Å². The summed E-state index contributed by atoms with van der Waals surface area (Å²) in [6.45, 7) is -0.749. The molecule has 0 unspecified atom stereocenters. The number of carbonyl (C=O) groups is 2. The van der Waals surface area contributed by atoms with Crippen LogP contribution in [0.2, 0.25) is 0 Å². The fraction of sp³-hybridized carbons (Fsp3) is 0.548. The van der Waals surface area contributed by atoms with Crippen molar-refractivity contribution in [1.29, 1.82) is 0 Å². The van der Waals surface area contributed by atoms with Gasteiger partial charge in [-0.05, 0) is 42.2 Å². The molecule has 0 bridgehead atoms. The van der Waals surface area contributed by atoms with E-state index in [9.17, 15) is 50.4 Å². The number of unbranched alkanes of at least 4 members (excludes halogenated alkanes) is 2. The molecule has 0 saturated carbocycles. The van der Waals surface area contributed by atoms with Crippen molar-refractivity contribution in [2.24, 2.45) is 0 Å². The minimum Gasteiger partial charge on any atom is -0.394 e. The molecule has 1 amide bonds. The number of carbonyl (C=O) groups excluding carboxylic acids is 2. The molecule has 0 aromatic heterocycles. The number of benzene rings is 2. The number of hydrogen-bond donors (Lipinski definition) is 9. The highest BCUT2D eigenvalue weighted by Gasteiger charge is 2.45. The first-order chi connectivity index (χ1) is 21.1. The monoisotopic (exact) mass is 619 g/mol. The largest absolute Gasteiger partial charge is 0.394 e. The van der Waals surface area contributed by atoms with Crippen LogP contribution in [-0.2, 0) is 9.47 Å². The minimum absolute atomic E-state index is 0.134. The Balaban J connectivity index is 1.23. The van der Waals surface area contributed by atoms with E-state index >= 15 is 0 Å². The van der Waals surface area contributed by atoms with E-state index in [1.165, 1.54) is 6.07 Å². The van der Waals surface area contributed by atoms with Gasteiger partial charge in [-0.25, -0.2) is 0 Å². The van der Waals surface area contributed by atoms with Crippen LogP contribution in [-0.4, -0.2) is 121 Å². The van der Waals surface area contributed by atoms with Crippen LogP contribution in [0, 0.1) is 0 Å². The number of nitrogens with one attached hydrogen (secondary N) is 1. The van der Waals surface area contributed by atoms with Crippen molar-refractivity contribution < 1.29 is 59.9 Å². The van der Waals surface area contributed by atoms with E-state index in [4.69, 9.17) is 9.47 Å². The zero-order chi connectivity index (χ0) is 32.0. The molecular weight excluding hydrogens is 578 g/mol. The van der Waals surface area contributed by atoms with Crippen molar-refractivity contribution in [2.45, 2.75) is 86.7 Å². The second kappa shape index (κ2) is 15.5. The zero-order valence-electron chi connectivity index (χ0n) is 24.1. The molecule has 13 heteroatoms. The van der Waals surface area contributed by atoms with E-state index in [-0.39, 0.29) is 18.1 Å². The van der Waals surface area contributed by atoms with Gasteiger partial charge in [0.25, 0.3) is 5.91 Å². The molecule has 2 aliphatic heterocycles. The predicted octanol–water partition coefficient (Wildman–Crippen LogP) is -1.11. The maximum Gasteiger partial charge on any atom is 0.251 e. The van der Waals surface area contributed by atoms with Gasteiger partial charge in [0.2, 0.25) is 0 Å². The summed E-state index contributed by atoms with van der Waals surface area (Å²) in [4.78, 5) is 25.5. The van der Waals surface area contributed by atoms with Crippen LogP contribution < -0.4 is 5.32 Å². The molecule has 0 aliphatic carbocycles. The summed E-state index contributed by atoms with van der Waals surface area (Å²) in [5.41, 5.74) is 1.54. The van der Waals surface area contributed by atoms with Gasteiger partial charge in [-0.1, -0.05) is 36.8 Å². The Labute approximate surface area is 254 Å². The smallest absolute Gasteiger partial charge is 0.251 e. The number of ether oxygens (including phenoxy) is 2. The summed E-state index contributed by atoms with van der Waals surface area (Å²) in [6, 6.07) is 12.8. The van der Waals surface area contributed by atoms with Gasteiger partial charge >= 0.3 is 0 Å². The average molecular weight is 620 g/mol. The number of rotatable bonds is 12. The summed E-state index contributed by atoms with van der Waals surface area (Å²) in [7, 11) is 0. The molecule has 2 saturated heterocycles. The van der Waals surface area contributed by atoms with E-state index in [1.54, 1.807) is 42.5 Å². The van der Waals surface area contributed by atoms with Crippen LogP contribution in [0.4, 0.5) is 0 Å². The van der Waals surface area contributed by atoms with E-state index in [0.29, 0.717) is 48.1 Å². The van der Waals surface area contributed by atoms with Crippen LogP contribution in [0.15, 0.2) is 48.5 Å². The highest BCUT2D eigenvalue weighted by Crippen LogP contribution is 2.34. The third-order valence-corrected chi connectivity index (χ3v) is 8.17. The SMILES string of the molecule is O=C(CCCCCNC(=O)c1cccc([C@H]2O[C@H](CO)[C@@H](O)[C@H](O)[C@H]2O)c1)c1cccc([C@H]2O[C@H](CO)[C@@H](O)[C@H](O)[C@@H]2O)c1. The molecule has 0 spiro atoms. The lowest BCUT2D eigenvalue weighted by atomic mass is 9.90. The van der Waals surface area contributed by atoms with Crippen LogP contribution >= 0.6 is 0 Å². The predicted molar refractivity (Wildman–Crippen MR) is 153 cm³/mol. The van der Waals surface area contributed by atoms with Crippen molar-refractivity contribution in [3.63, 3.8) is 0 Å². The van der Waals surface area contributed by atoms with Gasteiger partial charge < -0.3 is 55.6 Å². The second-order valence-corrected chi connectivity index (χ2v) is 11.2. The van der Waals surface area contributed by atoms with Gasteiger partial charge in [-0.2, -0.15) is 0 Å². The first kappa shape index (κ1) is 34.1. The Bertz CT molecular complexity index is 1160. The highest BCUT2D eigenvalue weighted by molar-refractivity contribution is 5.96. The first-order valence-electron chi connectivity index (χ1n) is 14.7. The molecule has 242 valence electrons. The van der Waals surface area contributed by atoms with Gasteiger partial charge in [-0.15, -0.1) is 0 Å². The summed E-state index contributed by atoms with van der Waals surface area (Å²) in [6.07, 6.45) is -11.0. The van der Waals surface area contributed by atoms with E-state index in [0.717, 1.165) is 0 Å². The number of ketones is 1. The van der Waals surface area contributed by atoms with Gasteiger partial charge in [-0.3, -0.25) is 9.59 Å². The average Bonchev–Trinajstić information content (AvgIpc) is 3.04. The second-order valence-electron chi connectivity index (χ2n) is 11.2. The Morgan fingerprint density at radius 1 is 0.636 bits per heavy atom. The molecule has 2 aromatic rings. The van der Waals surface area contributed by atoms with E-state index in [1.807, 2.05) is 0 Å². The summed E-state index contributed by atoms with van der Waals surface area (Å²) in [5, 5.41) is 82.6. The Kier molecular flexibility index (Phi) is 12.0. The van der Waals surface area contributed by atoms with Crippen molar-refractivity contribution in [3.05, 3.63) is 70.8 Å². The quantitative estimate of drug-likeness (QED) is 0.102. The van der Waals surface area contributed by atoms with Crippen molar-refractivity contribution in [3.8, 4) is 0 Å².